The second kappa shape index (κ2) is 5.98. The highest BCUT2D eigenvalue weighted by Crippen LogP contribution is 2.30. The number of hydrogen-bond donors (Lipinski definition) is 0. The second-order valence-electron chi connectivity index (χ2n) is 4.81. The molecule has 0 fully saturated rings. The van der Waals surface area contributed by atoms with Crippen LogP contribution in [0.5, 0.6) is 0 Å². The SMILES string of the molecule is CCCc1c(Cl)cccc1-c1ccc(S(C)(=O)=O)cc1. The molecule has 4 heteroatoms. The molecule has 2 nitrogen and oxygen atoms in total. The molecule has 0 aliphatic carbocycles. The molecule has 0 N–H and O–H groups in total. The Morgan fingerprint density at radius 1 is 1.05 bits per heavy atom. The fraction of sp³-hybridized carbons (Fsp3) is 0.250. The van der Waals surface area contributed by atoms with Crippen LogP contribution in [0.3, 0.4) is 0 Å². The molecule has 0 spiro atoms. The van der Waals surface area contributed by atoms with Gasteiger partial charge in [-0.2, -0.15) is 0 Å². The summed E-state index contributed by atoms with van der Waals surface area (Å²) in [5, 5.41) is 0.761. The lowest BCUT2D eigenvalue weighted by atomic mass is 9.97. The number of benzene rings is 2. The lowest BCUT2D eigenvalue weighted by molar-refractivity contribution is 0.602. The molecule has 0 saturated heterocycles. The number of hydrogen-bond acceptors (Lipinski definition) is 2. The molecule has 0 radical (unpaired) electrons. The molecule has 0 heterocycles. The van der Waals surface area contributed by atoms with Crippen molar-refractivity contribution in [3.63, 3.8) is 0 Å². The Hall–Kier alpha value is -1.32. The highest BCUT2D eigenvalue weighted by Gasteiger charge is 2.10. The number of rotatable bonds is 4. The van der Waals surface area contributed by atoms with Crippen LogP contribution in [0.4, 0.5) is 0 Å². The van der Waals surface area contributed by atoms with E-state index in [1.807, 2.05) is 30.3 Å². The van der Waals surface area contributed by atoms with Gasteiger partial charge in [0.1, 0.15) is 0 Å². The highest BCUT2D eigenvalue weighted by molar-refractivity contribution is 7.90. The third-order valence-corrected chi connectivity index (χ3v) is 4.69. The summed E-state index contributed by atoms with van der Waals surface area (Å²) in [6.07, 6.45) is 3.13. The Bertz CT molecular complexity index is 704. The van der Waals surface area contributed by atoms with Crippen molar-refractivity contribution in [1.29, 1.82) is 0 Å². The quantitative estimate of drug-likeness (QED) is 0.841. The van der Waals surface area contributed by atoms with E-state index >= 15 is 0 Å². The molecular formula is C16H17ClO2S. The number of sulfone groups is 1. The highest BCUT2D eigenvalue weighted by atomic mass is 35.5. The first-order valence-corrected chi connectivity index (χ1v) is 8.78. The predicted octanol–water partition coefficient (Wildman–Crippen LogP) is 4.36. The van der Waals surface area contributed by atoms with Crippen LogP contribution in [0.15, 0.2) is 47.4 Å². The maximum atomic E-state index is 11.5. The van der Waals surface area contributed by atoms with Gasteiger partial charge in [0.25, 0.3) is 0 Å². The zero-order chi connectivity index (χ0) is 14.8. The smallest absolute Gasteiger partial charge is 0.175 e. The zero-order valence-corrected chi connectivity index (χ0v) is 13.1. The minimum Gasteiger partial charge on any atom is -0.224 e. The van der Waals surface area contributed by atoms with Crippen molar-refractivity contribution in [2.75, 3.05) is 6.26 Å². The maximum Gasteiger partial charge on any atom is 0.175 e. The molecule has 0 bridgehead atoms. The zero-order valence-electron chi connectivity index (χ0n) is 11.6. The molecule has 0 aromatic heterocycles. The molecule has 0 aliphatic rings. The van der Waals surface area contributed by atoms with E-state index in [2.05, 4.69) is 6.92 Å². The first-order valence-electron chi connectivity index (χ1n) is 6.51. The van der Waals surface area contributed by atoms with Crippen LogP contribution < -0.4 is 0 Å². The first-order chi connectivity index (χ1) is 9.43. The molecular weight excluding hydrogens is 292 g/mol. The minimum absolute atomic E-state index is 0.334. The normalized spacial score (nSPS) is 11.6. The summed E-state index contributed by atoms with van der Waals surface area (Å²) < 4.78 is 23.0. The molecule has 0 amide bonds. The average molecular weight is 309 g/mol. The molecule has 0 atom stereocenters. The van der Waals surface area contributed by atoms with Crippen LogP contribution in [-0.2, 0) is 16.3 Å². The average Bonchev–Trinajstić information content (AvgIpc) is 2.40. The van der Waals surface area contributed by atoms with Crippen molar-refractivity contribution >= 4 is 21.4 Å². The van der Waals surface area contributed by atoms with E-state index in [-0.39, 0.29) is 0 Å². The third kappa shape index (κ3) is 3.22. The Morgan fingerprint density at radius 3 is 2.25 bits per heavy atom. The maximum absolute atomic E-state index is 11.5. The Balaban J connectivity index is 2.49. The van der Waals surface area contributed by atoms with Crippen molar-refractivity contribution in [2.45, 2.75) is 24.7 Å². The van der Waals surface area contributed by atoms with Gasteiger partial charge < -0.3 is 0 Å². The van der Waals surface area contributed by atoms with E-state index in [1.54, 1.807) is 12.1 Å². The van der Waals surface area contributed by atoms with Gasteiger partial charge in [-0.15, -0.1) is 0 Å². The van der Waals surface area contributed by atoms with Crippen molar-refractivity contribution in [2.24, 2.45) is 0 Å². The molecule has 0 saturated carbocycles. The molecule has 2 aromatic rings. The summed E-state index contributed by atoms with van der Waals surface area (Å²) in [6.45, 7) is 2.11. The molecule has 106 valence electrons. The molecule has 2 rings (SSSR count). The van der Waals surface area contributed by atoms with Gasteiger partial charge in [0.15, 0.2) is 9.84 Å². The van der Waals surface area contributed by atoms with Crippen LogP contribution in [0.1, 0.15) is 18.9 Å². The van der Waals surface area contributed by atoms with Crippen LogP contribution in [-0.4, -0.2) is 14.7 Å². The largest absolute Gasteiger partial charge is 0.224 e. The molecule has 0 unspecified atom stereocenters. The van der Waals surface area contributed by atoms with E-state index in [0.29, 0.717) is 4.90 Å². The van der Waals surface area contributed by atoms with E-state index < -0.39 is 9.84 Å². The Labute approximate surface area is 125 Å². The lowest BCUT2D eigenvalue weighted by Crippen LogP contribution is -1.97. The van der Waals surface area contributed by atoms with Gasteiger partial charge in [0.05, 0.1) is 4.90 Å². The summed E-state index contributed by atoms with van der Waals surface area (Å²) in [6, 6.07) is 12.8. The van der Waals surface area contributed by atoms with Gasteiger partial charge >= 0.3 is 0 Å². The molecule has 20 heavy (non-hydrogen) atoms. The van der Waals surface area contributed by atoms with Gasteiger partial charge in [0, 0.05) is 11.3 Å². The van der Waals surface area contributed by atoms with Crippen molar-refractivity contribution in [1.82, 2.24) is 0 Å². The molecule has 2 aromatic carbocycles. The van der Waals surface area contributed by atoms with Gasteiger partial charge in [0.2, 0.25) is 0 Å². The van der Waals surface area contributed by atoms with Crippen molar-refractivity contribution in [3.05, 3.63) is 53.1 Å². The summed E-state index contributed by atoms with van der Waals surface area (Å²) in [5.74, 6) is 0. The van der Waals surface area contributed by atoms with Crippen LogP contribution >= 0.6 is 11.6 Å². The van der Waals surface area contributed by atoms with Crippen molar-refractivity contribution in [3.8, 4) is 11.1 Å². The van der Waals surface area contributed by atoms with Gasteiger partial charge in [-0.05, 0) is 41.3 Å². The lowest BCUT2D eigenvalue weighted by Gasteiger charge is -2.11. The van der Waals surface area contributed by atoms with Crippen LogP contribution in [0.25, 0.3) is 11.1 Å². The fourth-order valence-corrected chi connectivity index (χ4v) is 3.11. The second-order valence-corrected chi connectivity index (χ2v) is 7.24. The topological polar surface area (TPSA) is 34.1 Å². The predicted molar refractivity (Wildman–Crippen MR) is 84.0 cm³/mol. The Morgan fingerprint density at radius 2 is 1.70 bits per heavy atom. The summed E-state index contributed by atoms with van der Waals surface area (Å²) >= 11 is 6.27. The van der Waals surface area contributed by atoms with Crippen LogP contribution in [0.2, 0.25) is 5.02 Å². The monoisotopic (exact) mass is 308 g/mol. The van der Waals surface area contributed by atoms with Gasteiger partial charge in [-0.25, -0.2) is 8.42 Å². The van der Waals surface area contributed by atoms with Crippen molar-refractivity contribution < 1.29 is 8.42 Å². The summed E-state index contributed by atoms with van der Waals surface area (Å²) in [4.78, 5) is 0.334. The number of halogens is 1. The van der Waals surface area contributed by atoms with Gasteiger partial charge in [-0.3, -0.25) is 0 Å². The summed E-state index contributed by atoms with van der Waals surface area (Å²) in [5.41, 5.74) is 3.17. The first kappa shape index (κ1) is 15.1. The van der Waals surface area contributed by atoms with Gasteiger partial charge in [-0.1, -0.05) is 49.2 Å². The van der Waals surface area contributed by atoms with Crippen LogP contribution in [0, 0.1) is 0 Å². The third-order valence-electron chi connectivity index (χ3n) is 3.21. The summed E-state index contributed by atoms with van der Waals surface area (Å²) in [7, 11) is -3.16. The molecule has 0 aliphatic heterocycles. The van der Waals surface area contributed by atoms with E-state index in [1.165, 1.54) is 6.26 Å². The standard InChI is InChI=1S/C16H17ClO2S/c1-3-5-15-14(6-4-7-16(15)17)12-8-10-13(11-9-12)20(2,18)19/h4,6-11H,3,5H2,1-2H3. The fourth-order valence-electron chi connectivity index (χ4n) is 2.21. The van der Waals surface area contributed by atoms with E-state index in [9.17, 15) is 8.42 Å². The van der Waals surface area contributed by atoms with E-state index in [4.69, 9.17) is 11.6 Å². The van der Waals surface area contributed by atoms with E-state index in [0.717, 1.165) is 34.6 Å². The minimum atomic E-state index is -3.16. The Kier molecular flexibility index (Phi) is 4.51.